The van der Waals surface area contributed by atoms with Crippen molar-refractivity contribution >= 4 is 15.7 Å². The lowest BCUT2D eigenvalue weighted by molar-refractivity contribution is 0.599. The molecule has 0 saturated carbocycles. The third kappa shape index (κ3) is 2.63. The highest BCUT2D eigenvalue weighted by Crippen LogP contribution is 2.16. The van der Waals surface area contributed by atoms with Crippen LogP contribution in [-0.4, -0.2) is 18.4 Å². The first-order valence-corrected chi connectivity index (χ1v) is 6.68. The van der Waals surface area contributed by atoms with Gasteiger partial charge in [0.05, 0.1) is 17.6 Å². The van der Waals surface area contributed by atoms with E-state index in [0.29, 0.717) is 11.4 Å². The van der Waals surface area contributed by atoms with Gasteiger partial charge in [-0.15, -0.1) is 0 Å². The van der Waals surface area contributed by atoms with E-state index < -0.39 is 10.0 Å². The van der Waals surface area contributed by atoms with E-state index in [1.165, 1.54) is 18.5 Å². The van der Waals surface area contributed by atoms with E-state index in [-0.39, 0.29) is 11.4 Å². The van der Waals surface area contributed by atoms with Crippen molar-refractivity contribution < 1.29 is 8.42 Å². The number of rotatable bonds is 4. The summed E-state index contributed by atoms with van der Waals surface area (Å²) in [5, 5.41) is 0. The highest BCUT2D eigenvalue weighted by molar-refractivity contribution is 7.92. The average Bonchev–Trinajstić information content (AvgIpc) is 2.39. The van der Waals surface area contributed by atoms with E-state index in [0.717, 1.165) is 0 Å². The second-order valence-corrected chi connectivity index (χ2v) is 5.15. The summed E-state index contributed by atoms with van der Waals surface area (Å²) in [7, 11) is -3.69. The monoisotopic (exact) mass is 264 g/mol. The largest absolute Gasteiger partial charge is 0.325 e. The third-order valence-corrected chi connectivity index (χ3v) is 3.70. The van der Waals surface area contributed by atoms with Crippen LogP contribution in [0.4, 0.5) is 5.69 Å². The van der Waals surface area contributed by atoms with Gasteiger partial charge < -0.3 is 5.73 Å². The number of anilines is 1. The van der Waals surface area contributed by atoms with Crippen molar-refractivity contribution in [3.05, 3.63) is 48.5 Å². The zero-order chi connectivity index (χ0) is 13.0. The maximum Gasteiger partial charge on any atom is 0.263 e. The number of sulfonamides is 1. The van der Waals surface area contributed by atoms with Gasteiger partial charge in [0.25, 0.3) is 10.0 Å². The maximum atomic E-state index is 12.1. The number of aromatic nitrogens is 2. The number of hydrogen-bond donors (Lipinski definition) is 2. The molecule has 2 rings (SSSR count). The molecule has 0 bridgehead atoms. The Balaban J connectivity index is 2.37. The molecule has 0 spiro atoms. The lowest BCUT2D eigenvalue weighted by Crippen LogP contribution is -2.17. The molecule has 0 radical (unpaired) electrons. The van der Waals surface area contributed by atoms with E-state index in [2.05, 4.69) is 14.7 Å². The summed E-state index contributed by atoms with van der Waals surface area (Å²) in [5.74, 6) is 0. The highest BCUT2D eigenvalue weighted by atomic mass is 32.2. The van der Waals surface area contributed by atoms with Gasteiger partial charge in [-0.2, -0.15) is 0 Å². The van der Waals surface area contributed by atoms with Crippen LogP contribution in [0.3, 0.4) is 0 Å². The molecule has 0 aliphatic heterocycles. The molecule has 0 saturated heterocycles. The van der Waals surface area contributed by atoms with E-state index in [1.54, 1.807) is 24.4 Å². The van der Waals surface area contributed by atoms with E-state index >= 15 is 0 Å². The Morgan fingerprint density at radius 3 is 2.67 bits per heavy atom. The SMILES string of the molecule is NCc1ncccc1S(=O)(=O)Nc1cccnc1. The predicted molar refractivity (Wildman–Crippen MR) is 67.2 cm³/mol. The van der Waals surface area contributed by atoms with Crippen LogP contribution in [0, 0.1) is 0 Å². The highest BCUT2D eigenvalue weighted by Gasteiger charge is 2.18. The van der Waals surface area contributed by atoms with Crippen LogP contribution in [0.15, 0.2) is 47.8 Å². The van der Waals surface area contributed by atoms with Crippen molar-refractivity contribution in [1.82, 2.24) is 9.97 Å². The fourth-order valence-electron chi connectivity index (χ4n) is 1.45. The summed E-state index contributed by atoms with van der Waals surface area (Å²) in [4.78, 5) is 7.86. The first-order valence-electron chi connectivity index (χ1n) is 5.20. The molecule has 0 aliphatic carbocycles. The number of pyridine rings is 2. The topological polar surface area (TPSA) is 98.0 Å². The Labute approximate surface area is 105 Å². The van der Waals surface area contributed by atoms with Crippen LogP contribution in [0.2, 0.25) is 0 Å². The predicted octanol–water partition coefficient (Wildman–Crippen LogP) is 0.736. The molecule has 3 N–H and O–H groups in total. The number of hydrogen-bond acceptors (Lipinski definition) is 5. The molecule has 0 aliphatic rings. The molecule has 0 unspecified atom stereocenters. The van der Waals surface area contributed by atoms with Crippen LogP contribution >= 0.6 is 0 Å². The Kier molecular flexibility index (Phi) is 3.54. The van der Waals surface area contributed by atoms with Gasteiger partial charge in [-0.05, 0) is 24.3 Å². The van der Waals surface area contributed by atoms with Gasteiger partial charge in [0.1, 0.15) is 4.90 Å². The third-order valence-electron chi connectivity index (χ3n) is 2.25. The lowest BCUT2D eigenvalue weighted by atomic mass is 10.3. The Hall–Kier alpha value is -1.99. The van der Waals surface area contributed by atoms with Gasteiger partial charge in [-0.25, -0.2) is 8.42 Å². The van der Waals surface area contributed by atoms with Gasteiger partial charge in [-0.3, -0.25) is 14.7 Å². The standard InChI is InChI=1S/C11H12N4O2S/c12-7-10-11(4-2-6-14-10)18(16,17)15-9-3-1-5-13-8-9/h1-6,8,15H,7,12H2. The normalized spacial score (nSPS) is 11.2. The quantitative estimate of drug-likeness (QED) is 0.848. The van der Waals surface area contributed by atoms with Gasteiger partial charge in [0.15, 0.2) is 0 Å². The summed E-state index contributed by atoms with van der Waals surface area (Å²) < 4.78 is 26.7. The first-order chi connectivity index (χ1) is 8.63. The van der Waals surface area contributed by atoms with Gasteiger partial charge in [0.2, 0.25) is 0 Å². The molecule has 94 valence electrons. The Morgan fingerprint density at radius 2 is 2.00 bits per heavy atom. The molecule has 6 nitrogen and oxygen atoms in total. The van der Waals surface area contributed by atoms with Crippen LogP contribution in [0.5, 0.6) is 0 Å². The number of nitrogens with one attached hydrogen (secondary N) is 1. The van der Waals surface area contributed by atoms with Crippen LogP contribution in [0.1, 0.15) is 5.69 Å². The summed E-state index contributed by atoms with van der Waals surface area (Å²) in [6, 6.07) is 6.28. The molecule has 7 heteroatoms. The van der Waals surface area contributed by atoms with Gasteiger partial charge in [-0.1, -0.05) is 0 Å². The second-order valence-electron chi connectivity index (χ2n) is 3.50. The average molecular weight is 264 g/mol. The molecule has 2 heterocycles. The number of nitrogens with two attached hydrogens (primary N) is 1. The van der Waals surface area contributed by atoms with Crippen molar-refractivity contribution in [2.45, 2.75) is 11.4 Å². The van der Waals surface area contributed by atoms with Crippen molar-refractivity contribution in [2.75, 3.05) is 4.72 Å². The van der Waals surface area contributed by atoms with Crippen LogP contribution < -0.4 is 10.5 Å². The zero-order valence-corrected chi connectivity index (χ0v) is 10.3. The molecule has 0 amide bonds. The minimum Gasteiger partial charge on any atom is -0.325 e. The van der Waals surface area contributed by atoms with Crippen molar-refractivity contribution in [3.8, 4) is 0 Å². The van der Waals surface area contributed by atoms with Crippen LogP contribution in [0.25, 0.3) is 0 Å². The van der Waals surface area contributed by atoms with Gasteiger partial charge in [0, 0.05) is 18.9 Å². The van der Waals surface area contributed by atoms with E-state index in [1.807, 2.05) is 0 Å². The smallest absolute Gasteiger partial charge is 0.263 e. The molecular formula is C11H12N4O2S. The van der Waals surface area contributed by atoms with Gasteiger partial charge >= 0.3 is 0 Å². The van der Waals surface area contributed by atoms with E-state index in [4.69, 9.17) is 5.73 Å². The minimum absolute atomic E-state index is 0.0596. The maximum absolute atomic E-state index is 12.1. The lowest BCUT2D eigenvalue weighted by Gasteiger charge is -2.09. The molecule has 2 aromatic heterocycles. The van der Waals surface area contributed by atoms with Crippen molar-refractivity contribution in [3.63, 3.8) is 0 Å². The second kappa shape index (κ2) is 5.11. The summed E-state index contributed by atoms with van der Waals surface area (Å²) in [6.07, 6.45) is 4.49. The molecule has 0 atom stereocenters. The number of nitrogens with zero attached hydrogens (tertiary/aromatic N) is 2. The fraction of sp³-hybridized carbons (Fsp3) is 0.0909. The summed E-state index contributed by atoms with van der Waals surface area (Å²) in [6.45, 7) is 0.0596. The molecule has 18 heavy (non-hydrogen) atoms. The Morgan fingerprint density at radius 1 is 1.22 bits per heavy atom. The Bertz CT molecular complexity index is 629. The molecule has 0 fully saturated rings. The zero-order valence-electron chi connectivity index (χ0n) is 9.45. The van der Waals surface area contributed by atoms with Crippen molar-refractivity contribution in [2.24, 2.45) is 5.73 Å². The minimum atomic E-state index is -3.69. The molecule has 0 aromatic carbocycles. The van der Waals surface area contributed by atoms with Crippen LogP contribution in [-0.2, 0) is 16.6 Å². The van der Waals surface area contributed by atoms with Crippen molar-refractivity contribution in [1.29, 1.82) is 0 Å². The molecule has 2 aromatic rings. The molecular weight excluding hydrogens is 252 g/mol. The van der Waals surface area contributed by atoms with E-state index in [9.17, 15) is 8.42 Å². The summed E-state index contributed by atoms with van der Waals surface area (Å²) in [5.41, 5.74) is 6.19. The first kappa shape index (κ1) is 12.5. The fourth-order valence-corrected chi connectivity index (χ4v) is 2.70. The summed E-state index contributed by atoms with van der Waals surface area (Å²) >= 11 is 0.